The maximum absolute atomic E-state index is 11.4. The lowest BCUT2D eigenvalue weighted by molar-refractivity contribution is -0.120. The third-order valence-corrected chi connectivity index (χ3v) is 2.71. The molecule has 1 aliphatic carbocycles. The van der Waals surface area contributed by atoms with E-state index in [1.165, 1.54) is 0 Å². The molecule has 1 saturated carbocycles. The molecule has 1 amide bonds. The number of rotatable bonds is 6. The topological polar surface area (TPSA) is 50.4 Å². The molecule has 1 aromatic rings. The second kappa shape index (κ2) is 5.57. The minimum absolute atomic E-state index is 0.133. The lowest BCUT2D eigenvalue weighted by Gasteiger charge is -2.07. The van der Waals surface area contributed by atoms with E-state index < -0.39 is 0 Å². The molecule has 92 valence electrons. The van der Waals surface area contributed by atoms with Crippen molar-refractivity contribution in [2.45, 2.75) is 25.3 Å². The van der Waals surface area contributed by atoms with E-state index in [1.807, 2.05) is 24.3 Å². The fourth-order valence-electron chi connectivity index (χ4n) is 1.56. The van der Waals surface area contributed by atoms with Crippen LogP contribution < -0.4 is 15.4 Å². The molecular formula is C13H18N2O2. The predicted octanol–water partition coefficient (Wildman–Crippen LogP) is 1.78. The number of nitrogens with one attached hydrogen (secondary N) is 2. The molecule has 0 aliphatic heterocycles. The van der Waals surface area contributed by atoms with Gasteiger partial charge in [-0.1, -0.05) is 0 Å². The summed E-state index contributed by atoms with van der Waals surface area (Å²) in [5, 5.41) is 6.16. The van der Waals surface area contributed by atoms with E-state index in [9.17, 15) is 4.79 Å². The molecule has 4 heteroatoms. The van der Waals surface area contributed by atoms with Crippen LogP contribution in [0.1, 0.15) is 19.3 Å². The quantitative estimate of drug-likeness (QED) is 0.788. The highest BCUT2D eigenvalue weighted by Crippen LogP contribution is 2.18. The highest BCUT2D eigenvalue weighted by atomic mass is 16.5. The highest BCUT2D eigenvalue weighted by Gasteiger charge is 2.22. The van der Waals surface area contributed by atoms with Crippen LogP contribution in [0.25, 0.3) is 0 Å². The number of benzene rings is 1. The van der Waals surface area contributed by atoms with Crippen LogP contribution >= 0.6 is 0 Å². The second-order valence-corrected chi connectivity index (χ2v) is 4.25. The monoisotopic (exact) mass is 234 g/mol. The van der Waals surface area contributed by atoms with Gasteiger partial charge >= 0.3 is 0 Å². The van der Waals surface area contributed by atoms with Crippen molar-refractivity contribution in [2.24, 2.45) is 0 Å². The molecule has 0 unspecified atom stereocenters. The van der Waals surface area contributed by atoms with Crippen LogP contribution in [0.3, 0.4) is 0 Å². The molecule has 17 heavy (non-hydrogen) atoms. The lowest BCUT2D eigenvalue weighted by atomic mass is 10.3. The molecule has 0 atom stereocenters. The van der Waals surface area contributed by atoms with Crippen LogP contribution in [0.4, 0.5) is 5.69 Å². The zero-order valence-electron chi connectivity index (χ0n) is 10.0. The Hall–Kier alpha value is -1.71. The van der Waals surface area contributed by atoms with Gasteiger partial charge in [0.2, 0.25) is 5.91 Å². The summed E-state index contributed by atoms with van der Waals surface area (Å²) < 4.78 is 5.07. The van der Waals surface area contributed by atoms with E-state index in [1.54, 1.807) is 7.11 Å². The summed E-state index contributed by atoms with van der Waals surface area (Å²) in [6, 6.07) is 8.12. The molecule has 2 rings (SSSR count). The standard InChI is InChI=1S/C13H18N2O2/c1-17-12-6-4-10(5-7-12)14-9-8-13(16)15-11-2-3-11/h4-7,11,14H,2-3,8-9H2,1H3,(H,15,16). The van der Waals surface area contributed by atoms with Crippen LogP contribution in [0.2, 0.25) is 0 Å². The molecule has 0 bridgehead atoms. The first-order chi connectivity index (χ1) is 8.28. The van der Waals surface area contributed by atoms with Gasteiger partial charge in [0.25, 0.3) is 0 Å². The molecule has 0 spiro atoms. The number of anilines is 1. The average Bonchev–Trinajstić information content (AvgIpc) is 3.14. The molecule has 1 aromatic carbocycles. The maximum Gasteiger partial charge on any atom is 0.221 e. The Bertz CT molecular complexity index is 372. The van der Waals surface area contributed by atoms with Gasteiger partial charge in [-0.25, -0.2) is 0 Å². The molecule has 1 aliphatic rings. The molecule has 2 N–H and O–H groups in total. The number of ether oxygens (including phenoxy) is 1. The van der Waals surface area contributed by atoms with Crippen molar-refractivity contribution < 1.29 is 9.53 Å². The predicted molar refractivity (Wildman–Crippen MR) is 67.3 cm³/mol. The SMILES string of the molecule is COc1ccc(NCCC(=O)NC2CC2)cc1. The molecule has 0 aromatic heterocycles. The third-order valence-electron chi connectivity index (χ3n) is 2.71. The van der Waals surface area contributed by atoms with E-state index in [4.69, 9.17) is 4.74 Å². The number of carbonyl (C=O) groups excluding carboxylic acids is 1. The minimum Gasteiger partial charge on any atom is -0.497 e. The van der Waals surface area contributed by atoms with Crippen LogP contribution in [0.5, 0.6) is 5.75 Å². The summed E-state index contributed by atoms with van der Waals surface area (Å²) in [4.78, 5) is 11.4. The number of carbonyl (C=O) groups is 1. The van der Waals surface area contributed by atoms with Crippen LogP contribution in [-0.2, 0) is 4.79 Å². The zero-order valence-corrected chi connectivity index (χ0v) is 10.0. The van der Waals surface area contributed by atoms with Crippen molar-refractivity contribution in [1.29, 1.82) is 0 Å². The van der Waals surface area contributed by atoms with Gasteiger partial charge in [-0.3, -0.25) is 4.79 Å². The zero-order chi connectivity index (χ0) is 12.1. The van der Waals surface area contributed by atoms with Gasteiger partial charge in [0, 0.05) is 24.7 Å². The molecule has 1 fully saturated rings. The normalized spacial score (nSPS) is 14.2. The van der Waals surface area contributed by atoms with Crippen molar-refractivity contribution in [3.8, 4) is 5.75 Å². The van der Waals surface area contributed by atoms with Gasteiger partial charge in [-0.15, -0.1) is 0 Å². The van der Waals surface area contributed by atoms with Gasteiger partial charge in [-0.2, -0.15) is 0 Å². The van der Waals surface area contributed by atoms with Gasteiger partial charge in [0.15, 0.2) is 0 Å². The van der Waals surface area contributed by atoms with Gasteiger partial charge in [-0.05, 0) is 37.1 Å². The fourth-order valence-corrected chi connectivity index (χ4v) is 1.56. The molecule has 4 nitrogen and oxygen atoms in total. The average molecular weight is 234 g/mol. The van der Waals surface area contributed by atoms with Gasteiger partial charge in [0.05, 0.1) is 7.11 Å². The summed E-state index contributed by atoms with van der Waals surface area (Å²) in [6.45, 7) is 0.658. The van der Waals surface area contributed by atoms with Crippen molar-refractivity contribution in [3.05, 3.63) is 24.3 Å². The maximum atomic E-state index is 11.4. The summed E-state index contributed by atoms with van der Waals surface area (Å²) in [6.07, 6.45) is 2.79. The Kier molecular flexibility index (Phi) is 3.85. The molecule has 0 radical (unpaired) electrons. The minimum atomic E-state index is 0.133. The van der Waals surface area contributed by atoms with Crippen molar-refractivity contribution in [3.63, 3.8) is 0 Å². The molecule has 0 saturated heterocycles. The third kappa shape index (κ3) is 3.98. The Morgan fingerprint density at radius 1 is 1.35 bits per heavy atom. The Morgan fingerprint density at radius 3 is 2.65 bits per heavy atom. The number of hydrogen-bond acceptors (Lipinski definition) is 3. The first kappa shape index (κ1) is 11.8. The summed E-state index contributed by atoms with van der Waals surface area (Å²) in [5.41, 5.74) is 1.00. The number of hydrogen-bond donors (Lipinski definition) is 2. The van der Waals surface area contributed by atoms with Crippen LogP contribution in [0.15, 0.2) is 24.3 Å². The summed E-state index contributed by atoms with van der Waals surface area (Å²) in [5.74, 6) is 0.968. The van der Waals surface area contributed by atoms with Crippen molar-refractivity contribution >= 4 is 11.6 Å². The summed E-state index contributed by atoms with van der Waals surface area (Å²) >= 11 is 0. The Labute approximate surface area is 101 Å². The molecule has 0 heterocycles. The Balaban J connectivity index is 1.67. The molecular weight excluding hydrogens is 216 g/mol. The first-order valence-electron chi connectivity index (χ1n) is 5.95. The van der Waals surface area contributed by atoms with Crippen LogP contribution in [0, 0.1) is 0 Å². The van der Waals surface area contributed by atoms with Gasteiger partial charge < -0.3 is 15.4 Å². The van der Waals surface area contributed by atoms with E-state index in [2.05, 4.69) is 10.6 Å². The number of amides is 1. The lowest BCUT2D eigenvalue weighted by Crippen LogP contribution is -2.27. The second-order valence-electron chi connectivity index (χ2n) is 4.25. The first-order valence-corrected chi connectivity index (χ1v) is 5.95. The van der Waals surface area contributed by atoms with Crippen LogP contribution in [-0.4, -0.2) is 25.6 Å². The van der Waals surface area contributed by atoms with E-state index >= 15 is 0 Å². The smallest absolute Gasteiger partial charge is 0.221 e. The van der Waals surface area contributed by atoms with Crippen molar-refractivity contribution in [2.75, 3.05) is 19.0 Å². The number of methoxy groups -OCH3 is 1. The fraction of sp³-hybridized carbons (Fsp3) is 0.462. The van der Waals surface area contributed by atoms with E-state index in [-0.39, 0.29) is 5.91 Å². The van der Waals surface area contributed by atoms with Gasteiger partial charge in [0.1, 0.15) is 5.75 Å². The highest BCUT2D eigenvalue weighted by molar-refractivity contribution is 5.77. The van der Waals surface area contributed by atoms with Crippen molar-refractivity contribution in [1.82, 2.24) is 5.32 Å². The largest absolute Gasteiger partial charge is 0.497 e. The van der Waals surface area contributed by atoms with E-state index in [0.717, 1.165) is 24.3 Å². The van der Waals surface area contributed by atoms with E-state index in [0.29, 0.717) is 19.0 Å². The summed E-state index contributed by atoms with van der Waals surface area (Å²) in [7, 11) is 1.64. The Morgan fingerprint density at radius 2 is 2.06 bits per heavy atom.